The summed E-state index contributed by atoms with van der Waals surface area (Å²) in [6.07, 6.45) is 5.06. The van der Waals surface area contributed by atoms with Gasteiger partial charge in [-0.25, -0.2) is 9.97 Å². The van der Waals surface area contributed by atoms with Gasteiger partial charge in [0.05, 0.1) is 17.9 Å². The Morgan fingerprint density at radius 1 is 1.50 bits per heavy atom. The number of nitrogens with zero attached hydrogens (tertiary/aromatic N) is 3. The van der Waals surface area contributed by atoms with E-state index in [4.69, 9.17) is 0 Å². The lowest BCUT2D eigenvalue weighted by atomic mass is 10.1. The van der Waals surface area contributed by atoms with Gasteiger partial charge in [-0.3, -0.25) is 9.20 Å². The Kier molecular flexibility index (Phi) is 2.52. The third-order valence-corrected chi connectivity index (χ3v) is 4.05. The van der Waals surface area contributed by atoms with Crippen LogP contribution in [0.1, 0.15) is 29.2 Å². The Bertz CT molecular complexity index is 755. The van der Waals surface area contributed by atoms with Gasteiger partial charge in [0, 0.05) is 23.5 Å². The minimum absolute atomic E-state index is 0.0252. The quantitative estimate of drug-likeness (QED) is 0.766. The SMILES string of the molecule is Cc1csc(C(C)c2ncn3cc[nH]c(=O)c23)n1. The molecule has 0 saturated carbocycles. The number of thiazole rings is 1. The molecule has 5 nitrogen and oxygen atoms in total. The monoisotopic (exact) mass is 260 g/mol. The molecule has 0 aromatic carbocycles. The van der Waals surface area contributed by atoms with Crippen LogP contribution in [0, 0.1) is 6.92 Å². The Morgan fingerprint density at radius 2 is 2.33 bits per heavy atom. The molecule has 0 radical (unpaired) electrons. The summed E-state index contributed by atoms with van der Waals surface area (Å²) in [7, 11) is 0. The van der Waals surface area contributed by atoms with Gasteiger partial charge >= 0.3 is 0 Å². The van der Waals surface area contributed by atoms with Crippen LogP contribution in [0.15, 0.2) is 28.9 Å². The smallest absolute Gasteiger partial charge is 0.274 e. The van der Waals surface area contributed by atoms with Gasteiger partial charge in [0.1, 0.15) is 10.5 Å². The third-order valence-electron chi connectivity index (χ3n) is 2.90. The van der Waals surface area contributed by atoms with Crippen LogP contribution in [0.4, 0.5) is 0 Å². The molecular weight excluding hydrogens is 248 g/mol. The number of hydrogen-bond acceptors (Lipinski definition) is 4. The van der Waals surface area contributed by atoms with Crippen LogP contribution >= 0.6 is 11.3 Å². The molecule has 0 bridgehead atoms. The molecule has 6 heteroatoms. The molecule has 3 heterocycles. The molecular formula is C12H12N4OS. The molecule has 0 saturated heterocycles. The summed E-state index contributed by atoms with van der Waals surface area (Å²) >= 11 is 1.60. The molecule has 3 rings (SSSR count). The maximum absolute atomic E-state index is 11.9. The molecule has 1 atom stereocenters. The van der Waals surface area contributed by atoms with Crippen molar-refractivity contribution in [1.29, 1.82) is 0 Å². The number of rotatable bonds is 2. The van der Waals surface area contributed by atoms with Crippen molar-refractivity contribution in [3.63, 3.8) is 0 Å². The lowest BCUT2D eigenvalue weighted by Crippen LogP contribution is -2.10. The van der Waals surface area contributed by atoms with Crippen molar-refractivity contribution in [3.8, 4) is 0 Å². The van der Waals surface area contributed by atoms with E-state index in [0.29, 0.717) is 5.52 Å². The Hall–Kier alpha value is -1.95. The molecule has 92 valence electrons. The summed E-state index contributed by atoms with van der Waals surface area (Å²) in [4.78, 5) is 23.4. The fourth-order valence-electron chi connectivity index (χ4n) is 1.99. The number of nitrogens with one attached hydrogen (secondary N) is 1. The van der Waals surface area contributed by atoms with Gasteiger partial charge in [-0.2, -0.15) is 0 Å². The summed E-state index contributed by atoms with van der Waals surface area (Å²) in [6.45, 7) is 3.98. The molecule has 1 N–H and O–H groups in total. The molecule has 3 aromatic rings. The number of H-pyrrole nitrogens is 1. The standard InChI is InChI=1S/C12H12N4OS/c1-7-5-18-12(15-7)8(2)9-10-11(17)13-3-4-16(10)6-14-9/h3-6,8H,1-2H3,(H,13,17). The number of aryl methyl sites for hydroxylation is 1. The predicted molar refractivity (Wildman–Crippen MR) is 70.2 cm³/mol. The van der Waals surface area contributed by atoms with E-state index >= 15 is 0 Å². The lowest BCUT2D eigenvalue weighted by Gasteiger charge is -2.04. The van der Waals surface area contributed by atoms with E-state index in [0.717, 1.165) is 16.4 Å². The molecule has 3 aromatic heterocycles. The molecule has 0 aliphatic rings. The van der Waals surface area contributed by atoms with Crippen molar-refractivity contribution in [3.05, 3.63) is 50.9 Å². The first-order chi connectivity index (χ1) is 8.66. The maximum Gasteiger partial charge on any atom is 0.274 e. The van der Waals surface area contributed by atoms with Crippen LogP contribution in [0.5, 0.6) is 0 Å². The lowest BCUT2D eigenvalue weighted by molar-refractivity contribution is 0.870. The van der Waals surface area contributed by atoms with E-state index in [9.17, 15) is 4.79 Å². The summed E-state index contributed by atoms with van der Waals surface area (Å²) < 4.78 is 1.74. The number of imidazole rings is 1. The minimum Gasteiger partial charge on any atom is -0.326 e. The molecule has 0 aliphatic heterocycles. The average molecular weight is 260 g/mol. The van der Waals surface area contributed by atoms with Gasteiger partial charge in [-0.05, 0) is 6.92 Å². The highest BCUT2D eigenvalue weighted by Gasteiger charge is 2.19. The van der Waals surface area contributed by atoms with Crippen molar-refractivity contribution in [2.24, 2.45) is 0 Å². The summed E-state index contributed by atoms with van der Waals surface area (Å²) in [5.74, 6) is 0.0252. The van der Waals surface area contributed by atoms with Crippen molar-refractivity contribution in [2.45, 2.75) is 19.8 Å². The second kappa shape index (κ2) is 4.06. The Morgan fingerprint density at radius 3 is 3.06 bits per heavy atom. The summed E-state index contributed by atoms with van der Waals surface area (Å²) in [6, 6.07) is 0. The van der Waals surface area contributed by atoms with Crippen LogP contribution < -0.4 is 5.56 Å². The van der Waals surface area contributed by atoms with Gasteiger partial charge in [-0.1, -0.05) is 6.92 Å². The van der Waals surface area contributed by atoms with E-state index in [1.807, 2.05) is 19.2 Å². The van der Waals surface area contributed by atoms with Gasteiger partial charge in [0.25, 0.3) is 5.56 Å². The predicted octanol–water partition coefficient (Wildman–Crippen LogP) is 1.94. The van der Waals surface area contributed by atoms with Crippen molar-refractivity contribution in [2.75, 3.05) is 0 Å². The van der Waals surface area contributed by atoms with E-state index < -0.39 is 0 Å². The van der Waals surface area contributed by atoms with Crippen LogP contribution in [-0.2, 0) is 0 Å². The van der Waals surface area contributed by atoms with Gasteiger partial charge in [-0.15, -0.1) is 11.3 Å². The van der Waals surface area contributed by atoms with Gasteiger partial charge < -0.3 is 4.98 Å². The molecule has 18 heavy (non-hydrogen) atoms. The van der Waals surface area contributed by atoms with Crippen molar-refractivity contribution < 1.29 is 0 Å². The molecule has 1 unspecified atom stereocenters. The van der Waals surface area contributed by atoms with Crippen LogP contribution in [0.2, 0.25) is 0 Å². The zero-order valence-corrected chi connectivity index (χ0v) is 10.9. The molecule has 0 amide bonds. The highest BCUT2D eigenvalue weighted by atomic mass is 32.1. The van der Waals surface area contributed by atoms with Crippen LogP contribution in [0.3, 0.4) is 0 Å². The van der Waals surface area contributed by atoms with Gasteiger partial charge in [0.15, 0.2) is 0 Å². The highest BCUT2D eigenvalue weighted by molar-refractivity contribution is 7.09. The third kappa shape index (κ3) is 1.65. The zero-order chi connectivity index (χ0) is 12.7. The van der Waals surface area contributed by atoms with Gasteiger partial charge in [0.2, 0.25) is 0 Å². The Balaban J connectivity index is 2.18. The first kappa shape index (κ1) is 11.2. The highest BCUT2D eigenvalue weighted by Crippen LogP contribution is 2.27. The number of fused-ring (bicyclic) bond motifs is 1. The molecule has 0 fully saturated rings. The normalized spacial score (nSPS) is 13.0. The Labute approximate surface area is 107 Å². The van der Waals surface area contributed by atoms with E-state index in [2.05, 4.69) is 15.0 Å². The van der Waals surface area contributed by atoms with E-state index in [1.165, 1.54) is 0 Å². The number of aromatic amines is 1. The van der Waals surface area contributed by atoms with Crippen molar-refractivity contribution >= 4 is 16.9 Å². The first-order valence-electron chi connectivity index (χ1n) is 5.63. The maximum atomic E-state index is 11.9. The number of hydrogen-bond donors (Lipinski definition) is 1. The zero-order valence-electron chi connectivity index (χ0n) is 10.0. The fraction of sp³-hybridized carbons (Fsp3) is 0.250. The van der Waals surface area contributed by atoms with E-state index in [-0.39, 0.29) is 11.5 Å². The van der Waals surface area contributed by atoms with Crippen LogP contribution in [0.25, 0.3) is 5.52 Å². The molecule has 0 aliphatic carbocycles. The summed E-state index contributed by atoms with van der Waals surface area (Å²) in [5.41, 5.74) is 2.24. The average Bonchev–Trinajstić information content (AvgIpc) is 2.95. The van der Waals surface area contributed by atoms with E-state index in [1.54, 1.807) is 34.5 Å². The fourth-order valence-corrected chi connectivity index (χ4v) is 2.85. The second-order valence-electron chi connectivity index (χ2n) is 4.22. The van der Waals surface area contributed by atoms with Crippen molar-refractivity contribution in [1.82, 2.24) is 19.4 Å². The number of aromatic nitrogens is 4. The minimum atomic E-state index is -0.120. The summed E-state index contributed by atoms with van der Waals surface area (Å²) in [5, 5.41) is 2.99. The largest absolute Gasteiger partial charge is 0.326 e. The molecule has 0 spiro atoms. The second-order valence-corrected chi connectivity index (χ2v) is 5.11. The van der Waals surface area contributed by atoms with Crippen LogP contribution in [-0.4, -0.2) is 19.4 Å². The topological polar surface area (TPSA) is 63.1 Å². The first-order valence-corrected chi connectivity index (χ1v) is 6.51.